The number of anilines is 1. The largest absolute Gasteiger partial charge is 0.347 e. The first-order valence-corrected chi connectivity index (χ1v) is 5.70. The predicted molar refractivity (Wildman–Crippen MR) is 57.9 cm³/mol. The molecule has 0 spiro atoms. The van der Waals surface area contributed by atoms with E-state index in [-0.39, 0.29) is 0 Å². The molecule has 0 aliphatic rings. The highest BCUT2D eigenvalue weighted by molar-refractivity contribution is 7.09. The maximum Gasteiger partial charge on any atom is 0.205 e. The Labute approximate surface area is 87.9 Å². The van der Waals surface area contributed by atoms with E-state index < -0.39 is 0 Å². The molecule has 0 bridgehead atoms. The van der Waals surface area contributed by atoms with Gasteiger partial charge in [-0.25, -0.2) is 4.98 Å². The zero-order valence-corrected chi connectivity index (χ0v) is 9.53. The number of alkyl halides is 1. The van der Waals surface area contributed by atoms with E-state index in [1.54, 1.807) is 0 Å². The summed E-state index contributed by atoms with van der Waals surface area (Å²) in [7, 11) is 0. The van der Waals surface area contributed by atoms with E-state index in [1.807, 2.05) is 6.92 Å². The van der Waals surface area contributed by atoms with Crippen molar-refractivity contribution in [1.29, 1.82) is 0 Å². The summed E-state index contributed by atoms with van der Waals surface area (Å²) in [5.41, 5.74) is 0. The molecule has 5 heteroatoms. The van der Waals surface area contributed by atoms with Crippen molar-refractivity contribution in [2.24, 2.45) is 0 Å². The third kappa shape index (κ3) is 3.12. The Morgan fingerprint density at radius 1 is 1.54 bits per heavy atom. The first kappa shape index (κ1) is 10.7. The van der Waals surface area contributed by atoms with Gasteiger partial charge >= 0.3 is 0 Å². The molecule has 0 aliphatic carbocycles. The average Bonchev–Trinajstić information content (AvgIpc) is 2.54. The lowest BCUT2D eigenvalue weighted by atomic mass is 10.4. The zero-order valence-electron chi connectivity index (χ0n) is 7.96. The predicted octanol–water partition coefficient (Wildman–Crippen LogP) is 2.30. The molecule has 0 amide bonds. The van der Waals surface area contributed by atoms with Crippen molar-refractivity contribution < 1.29 is 0 Å². The van der Waals surface area contributed by atoms with Gasteiger partial charge < -0.3 is 4.90 Å². The van der Waals surface area contributed by atoms with Gasteiger partial charge in [0.1, 0.15) is 5.82 Å². The summed E-state index contributed by atoms with van der Waals surface area (Å²) in [5, 5.41) is 1.00. The Bertz CT molecular complexity index is 251. The third-order valence-electron chi connectivity index (χ3n) is 1.73. The molecule has 0 atom stereocenters. The van der Waals surface area contributed by atoms with E-state index in [0.29, 0.717) is 5.88 Å². The van der Waals surface area contributed by atoms with Crippen LogP contribution in [0.1, 0.15) is 19.2 Å². The van der Waals surface area contributed by atoms with Crippen LogP contribution in [0.4, 0.5) is 5.13 Å². The number of halogens is 1. The number of aromatic nitrogens is 2. The van der Waals surface area contributed by atoms with Crippen molar-refractivity contribution in [2.75, 3.05) is 23.9 Å². The summed E-state index contributed by atoms with van der Waals surface area (Å²) in [4.78, 5) is 6.53. The van der Waals surface area contributed by atoms with E-state index in [4.69, 9.17) is 11.6 Å². The van der Waals surface area contributed by atoms with E-state index in [2.05, 4.69) is 21.2 Å². The second kappa shape index (κ2) is 5.40. The smallest absolute Gasteiger partial charge is 0.205 e. The summed E-state index contributed by atoms with van der Waals surface area (Å²) in [5.74, 6) is 1.55. The second-order valence-electron chi connectivity index (χ2n) is 2.75. The lowest BCUT2D eigenvalue weighted by molar-refractivity contribution is 0.789. The Morgan fingerprint density at radius 3 is 2.77 bits per heavy atom. The lowest BCUT2D eigenvalue weighted by Crippen LogP contribution is -2.23. The monoisotopic (exact) mass is 219 g/mol. The molecule has 0 aliphatic heterocycles. The van der Waals surface area contributed by atoms with Gasteiger partial charge in [0.25, 0.3) is 0 Å². The number of nitrogens with zero attached hydrogens (tertiary/aromatic N) is 3. The van der Waals surface area contributed by atoms with Crippen LogP contribution in [-0.2, 0) is 0 Å². The molecular weight excluding hydrogens is 206 g/mol. The molecule has 0 unspecified atom stereocenters. The lowest BCUT2D eigenvalue weighted by Gasteiger charge is -2.17. The van der Waals surface area contributed by atoms with Gasteiger partial charge in [-0.15, -0.1) is 11.6 Å². The van der Waals surface area contributed by atoms with Gasteiger partial charge in [-0.2, -0.15) is 4.37 Å². The molecule has 0 saturated heterocycles. The standard InChI is InChI=1S/C8H14ClN3S/c1-3-12(6-4-5-9)8-10-7(2)11-13-8/h3-6H2,1-2H3. The fourth-order valence-corrected chi connectivity index (χ4v) is 1.94. The molecule has 1 aromatic rings. The molecule has 1 heterocycles. The van der Waals surface area contributed by atoms with Crippen LogP contribution in [0.5, 0.6) is 0 Å². The number of hydrogen-bond acceptors (Lipinski definition) is 4. The summed E-state index contributed by atoms with van der Waals surface area (Å²) in [6.45, 7) is 5.96. The van der Waals surface area contributed by atoms with E-state index in [0.717, 1.165) is 30.5 Å². The molecular formula is C8H14ClN3S. The topological polar surface area (TPSA) is 29.0 Å². The maximum absolute atomic E-state index is 5.64. The molecule has 0 fully saturated rings. The van der Waals surface area contributed by atoms with Crippen LogP contribution in [0, 0.1) is 6.92 Å². The van der Waals surface area contributed by atoms with Gasteiger partial charge in [-0.05, 0) is 20.3 Å². The SMILES string of the molecule is CCN(CCCCl)c1nc(C)ns1. The van der Waals surface area contributed by atoms with Gasteiger partial charge in [0.15, 0.2) is 0 Å². The van der Waals surface area contributed by atoms with E-state index >= 15 is 0 Å². The molecule has 3 nitrogen and oxygen atoms in total. The number of hydrogen-bond donors (Lipinski definition) is 0. The Morgan fingerprint density at radius 2 is 2.31 bits per heavy atom. The number of aryl methyl sites for hydroxylation is 1. The van der Waals surface area contributed by atoms with Crippen LogP contribution in [0.15, 0.2) is 0 Å². The van der Waals surface area contributed by atoms with Gasteiger partial charge in [-0.3, -0.25) is 0 Å². The van der Waals surface area contributed by atoms with E-state index in [1.165, 1.54) is 11.5 Å². The zero-order chi connectivity index (χ0) is 9.68. The summed E-state index contributed by atoms with van der Waals surface area (Å²) in [6, 6.07) is 0. The Kier molecular flexibility index (Phi) is 4.45. The Hall–Kier alpha value is -0.350. The summed E-state index contributed by atoms with van der Waals surface area (Å²) < 4.78 is 4.15. The van der Waals surface area contributed by atoms with Crippen LogP contribution < -0.4 is 4.90 Å². The van der Waals surface area contributed by atoms with Crippen LogP contribution in [0.2, 0.25) is 0 Å². The van der Waals surface area contributed by atoms with Crippen LogP contribution >= 0.6 is 23.1 Å². The van der Waals surface area contributed by atoms with Gasteiger partial charge in [0.05, 0.1) is 0 Å². The molecule has 1 rings (SSSR count). The van der Waals surface area contributed by atoms with Gasteiger partial charge in [0, 0.05) is 30.5 Å². The van der Waals surface area contributed by atoms with Crippen LogP contribution in [0.3, 0.4) is 0 Å². The maximum atomic E-state index is 5.64. The van der Waals surface area contributed by atoms with E-state index in [9.17, 15) is 0 Å². The second-order valence-corrected chi connectivity index (χ2v) is 3.85. The normalized spacial score (nSPS) is 10.4. The van der Waals surface area contributed by atoms with Crippen molar-refractivity contribution in [3.8, 4) is 0 Å². The highest BCUT2D eigenvalue weighted by atomic mass is 35.5. The number of rotatable bonds is 5. The van der Waals surface area contributed by atoms with Crippen LogP contribution in [0.25, 0.3) is 0 Å². The summed E-state index contributed by atoms with van der Waals surface area (Å²) >= 11 is 7.09. The summed E-state index contributed by atoms with van der Waals surface area (Å²) in [6.07, 6.45) is 0.994. The van der Waals surface area contributed by atoms with Crippen molar-refractivity contribution in [2.45, 2.75) is 20.3 Å². The molecule has 0 N–H and O–H groups in total. The molecule has 1 aromatic heterocycles. The fraction of sp³-hybridized carbons (Fsp3) is 0.750. The highest BCUT2D eigenvalue weighted by Crippen LogP contribution is 2.16. The van der Waals surface area contributed by atoms with Gasteiger partial charge in [0.2, 0.25) is 5.13 Å². The highest BCUT2D eigenvalue weighted by Gasteiger charge is 2.07. The van der Waals surface area contributed by atoms with Crippen molar-refractivity contribution >= 4 is 28.3 Å². The first-order chi connectivity index (χ1) is 6.27. The third-order valence-corrected chi connectivity index (χ3v) is 2.87. The molecule has 0 radical (unpaired) electrons. The van der Waals surface area contributed by atoms with Crippen molar-refractivity contribution in [1.82, 2.24) is 9.36 Å². The van der Waals surface area contributed by atoms with Gasteiger partial charge in [-0.1, -0.05) is 0 Å². The van der Waals surface area contributed by atoms with Crippen molar-refractivity contribution in [3.63, 3.8) is 0 Å². The molecule has 0 saturated carbocycles. The molecule has 74 valence electrons. The van der Waals surface area contributed by atoms with Crippen LogP contribution in [-0.4, -0.2) is 28.3 Å². The fourth-order valence-electron chi connectivity index (χ4n) is 1.05. The molecule has 13 heavy (non-hydrogen) atoms. The minimum atomic E-state index is 0.703. The minimum absolute atomic E-state index is 0.703. The molecule has 0 aromatic carbocycles. The minimum Gasteiger partial charge on any atom is -0.347 e. The quantitative estimate of drug-likeness (QED) is 0.712. The Balaban J connectivity index is 2.56. The van der Waals surface area contributed by atoms with Crippen molar-refractivity contribution in [3.05, 3.63) is 5.82 Å². The first-order valence-electron chi connectivity index (χ1n) is 4.39. The average molecular weight is 220 g/mol.